The minimum atomic E-state index is -0.842. The van der Waals surface area contributed by atoms with Crippen molar-refractivity contribution in [2.75, 3.05) is 33.8 Å². The number of amides is 1. The molecular formula is C20H22N2O7. The van der Waals surface area contributed by atoms with Crippen LogP contribution in [0.15, 0.2) is 36.4 Å². The molecule has 0 aliphatic carbocycles. The largest absolute Gasteiger partial charge is 0.493 e. The molecule has 0 bridgehead atoms. The van der Waals surface area contributed by atoms with Crippen LogP contribution in [0.5, 0.6) is 23.0 Å². The smallest absolute Gasteiger partial charge is 0.358 e. The van der Waals surface area contributed by atoms with Gasteiger partial charge in [-0.3, -0.25) is 4.79 Å². The van der Waals surface area contributed by atoms with Gasteiger partial charge in [0.15, 0.2) is 23.0 Å². The summed E-state index contributed by atoms with van der Waals surface area (Å²) >= 11 is 0. The molecule has 0 fully saturated rings. The summed E-state index contributed by atoms with van der Waals surface area (Å²) in [6.07, 6.45) is 2.88. The summed E-state index contributed by atoms with van der Waals surface area (Å²) in [4.78, 5) is 28.6. The first-order valence-electron chi connectivity index (χ1n) is 8.35. The van der Waals surface area contributed by atoms with Crippen LogP contribution in [0.1, 0.15) is 15.9 Å². The summed E-state index contributed by atoms with van der Waals surface area (Å²) in [6, 6.07) is 8.00. The van der Waals surface area contributed by atoms with Crippen molar-refractivity contribution < 1.29 is 33.4 Å². The first kappa shape index (κ1) is 21.6. The summed E-state index contributed by atoms with van der Waals surface area (Å²) in [5.74, 6) is 5.36. The van der Waals surface area contributed by atoms with Crippen LogP contribution >= 0.6 is 0 Å². The Morgan fingerprint density at radius 1 is 0.862 bits per heavy atom. The molecule has 0 aliphatic heterocycles. The maximum atomic E-state index is 12.4. The van der Waals surface area contributed by atoms with Crippen LogP contribution in [0.2, 0.25) is 0 Å². The maximum absolute atomic E-state index is 12.4. The Kier molecular flexibility index (Phi) is 7.44. The van der Waals surface area contributed by atoms with Crippen LogP contribution < -0.4 is 30.2 Å². The van der Waals surface area contributed by atoms with Gasteiger partial charge in [0.25, 0.3) is 0 Å². The lowest BCUT2D eigenvalue weighted by atomic mass is 10.1. The quantitative estimate of drug-likeness (QED) is 0.510. The lowest BCUT2D eigenvalue weighted by molar-refractivity contribution is -0.111. The molecule has 0 aromatic heterocycles. The Labute approximate surface area is 167 Å². The van der Waals surface area contributed by atoms with E-state index in [4.69, 9.17) is 24.8 Å². The summed E-state index contributed by atoms with van der Waals surface area (Å²) in [5.41, 5.74) is 0.879. The number of hydrogen-bond donors (Lipinski definition) is 2. The van der Waals surface area contributed by atoms with Gasteiger partial charge in [-0.2, -0.15) is 5.90 Å². The zero-order valence-corrected chi connectivity index (χ0v) is 16.5. The van der Waals surface area contributed by atoms with E-state index in [1.165, 1.54) is 46.6 Å². The molecular weight excluding hydrogens is 380 g/mol. The number of carbonyl (C=O) groups excluding carboxylic acids is 2. The monoisotopic (exact) mass is 402 g/mol. The molecule has 0 unspecified atom stereocenters. The number of nitrogens with two attached hydrogens (primary N) is 1. The lowest BCUT2D eigenvalue weighted by Crippen LogP contribution is -2.16. The third-order valence-corrected chi connectivity index (χ3v) is 3.94. The summed E-state index contributed by atoms with van der Waals surface area (Å²) in [5, 5.41) is 2.60. The predicted octanol–water partition coefficient (Wildman–Crippen LogP) is 2.40. The van der Waals surface area contributed by atoms with E-state index in [1.807, 2.05) is 0 Å². The minimum absolute atomic E-state index is 0.0121. The molecule has 154 valence electrons. The zero-order valence-electron chi connectivity index (χ0n) is 16.5. The molecule has 3 N–H and O–H groups in total. The highest BCUT2D eigenvalue weighted by molar-refractivity contribution is 6.07. The van der Waals surface area contributed by atoms with Crippen LogP contribution in [-0.4, -0.2) is 40.3 Å². The molecule has 9 heteroatoms. The molecule has 0 spiro atoms. The number of ether oxygens (including phenoxy) is 4. The molecule has 1 amide bonds. The van der Waals surface area contributed by atoms with Crippen molar-refractivity contribution in [1.82, 2.24) is 0 Å². The van der Waals surface area contributed by atoms with Crippen molar-refractivity contribution in [3.8, 4) is 23.0 Å². The topological polar surface area (TPSA) is 118 Å². The Bertz CT molecular complexity index is 925. The second-order valence-electron chi connectivity index (χ2n) is 5.60. The Balaban J connectivity index is 2.27. The van der Waals surface area contributed by atoms with E-state index in [0.717, 1.165) is 0 Å². The van der Waals surface area contributed by atoms with E-state index in [0.29, 0.717) is 22.8 Å². The molecule has 9 nitrogen and oxygen atoms in total. The van der Waals surface area contributed by atoms with Crippen molar-refractivity contribution in [3.05, 3.63) is 47.5 Å². The van der Waals surface area contributed by atoms with Gasteiger partial charge in [-0.25, -0.2) is 4.79 Å². The summed E-state index contributed by atoms with van der Waals surface area (Å²) in [7, 11) is 5.90. The molecule has 0 atom stereocenters. The number of carbonyl (C=O) groups is 2. The van der Waals surface area contributed by atoms with Crippen molar-refractivity contribution in [3.63, 3.8) is 0 Å². The number of nitrogens with one attached hydrogen (secondary N) is 1. The average Bonchev–Trinajstić information content (AvgIpc) is 2.76. The van der Waals surface area contributed by atoms with Crippen LogP contribution in [0.4, 0.5) is 5.69 Å². The van der Waals surface area contributed by atoms with Gasteiger partial charge in [0.05, 0.1) is 39.7 Å². The van der Waals surface area contributed by atoms with Crippen molar-refractivity contribution in [2.45, 2.75) is 0 Å². The Morgan fingerprint density at radius 3 is 2.03 bits per heavy atom. The second kappa shape index (κ2) is 10.00. The van der Waals surface area contributed by atoms with E-state index < -0.39 is 11.9 Å². The van der Waals surface area contributed by atoms with Gasteiger partial charge >= 0.3 is 5.97 Å². The molecule has 0 heterocycles. The van der Waals surface area contributed by atoms with Crippen LogP contribution in [0.3, 0.4) is 0 Å². The average molecular weight is 402 g/mol. The number of anilines is 1. The number of methoxy groups -OCH3 is 4. The van der Waals surface area contributed by atoms with Gasteiger partial charge in [-0.05, 0) is 23.8 Å². The standard InChI is InChI=1S/C20H22N2O7/c1-25-15-7-5-12(9-16(15)26-2)6-8-19(23)22-14-11-18(28-4)17(27-3)10-13(14)20(24)29-21/h5-11H,21H2,1-4H3,(H,22,23)/b8-6+. The van der Waals surface area contributed by atoms with E-state index >= 15 is 0 Å². The van der Waals surface area contributed by atoms with E-state index in [9.17, 15) is 9.59 Å². The third kappa shape index (κ3) is 5.17. The summed E-state index contributed by atoms with van der Waals surface area (Å²) in [6.45, 7) is 0. The Hall–Kier alpha value is -3.72. The first-order chi connectivity index (χ1) is 14.0. The third-order valence-electron chi connectivity index (χ3n) is 3.94. The maximum Gasteiger partial charge on any atom is 0.358 e. The van der Waals surface area contributed by atoms with Gasteiger partial charge in [0, 0.05) is 18.2 Å². The van der Waals surface area contributed by atoms with E-state index in [-0.39, 0.29) is 17.0 Å². The second-order valence-corrected chi connectivity index (χ2v) is 5.60. The van der Waals surface area contributed by atoms with Gasteiger partial charge in [0.1, 0.15) is 0 Å². The Morgan fingerprint density at radius 2 is 1.45 bits per heavy atom. The minimum Gasteiger partial charge on any atom is -0.493 e. The molecule has 29 heavy (non-hydrogen) atoms. The van der Waals surface area contributed by atoms with Crippen molar-refractivity contribution in [2.24, 2.45) is 5.90 Å². The van der Waals surface area contributed by atoms with E-state index in [2.05, 4.69) is 10.2 Å². The van der Waals surface area contributed by atoms with Crippen molar-refractivity contribution in [1.29, 1.82) is 0 Å². The molecule has 2 aromatic carbocycles. The number of hydrogen-bond acceptors (Lipinski definition) is 8. The first-order valence-corrected chi connectivity index (χ1v) is 8.35. The van der Waals surface area contributed by atoms with Gasteiger partial charge in [0.2, 0.25) is 5.91 Å². The van der Waals surface area contributed by atoms with Crippen LogP contribution in [-0.2, 0) is 9.63 Å². The molecule has 0 aliphatic rings. The zero-order chi connectivity index (χ0) is 21.4. The highest BCUT2D eigenvalue weighted by Gasteiger charge is 2.19. The van der Waals surface area contributed by atoms with Gasteiger partial charge < -0.3 is 29.1 Å². The highest BCUT2D eigenvalue weighted by atomic mass is 16.7. The molecule has 2 aromatic rings. The summed E-state index contributed by atoms with van der Waals surface area (Å²) < 4.78 is 20.8. The van der Waals surface area contributed by atoms with Crippen LogP contribution in [0, 0.1) is 0 Å². The fourth-order valence-electron chi connectivity index (χ4n) is 2.52. The predicted molar refractivity (Wildman–Crippen MR) is 106 cm³/mol. The van der Waals surface area contributed by atoms with Crippen LogP contribution in [0.25, 0.3) is 6.08 Å². The van der Waals surface area contributed by atoms with Crippen molar-refractivity contribution >= 4 is 23.6 Å². The lowest BCUT2D eigenvalue weighted by Gasteiger charge is -2.13. The SMILES string of the molecule is COc1ccc(/C=C/C(=O)Nc2cc(OC)c(OC)cc2C(=O)ON)cc1OC. The number of rotatable bonds is 8. The fraction of sp³-hybridized carbons (Fsp3) is 0.200. The van der Waals surface area contributed by atoms with Gasteiger partial charge in [-0.15, -0.1) is 0 Å². The number of benzene rings is 2. The normalized spacial score (nSPS) is 10.4. The highest BCUT2D eigenvalue weighted by Crippen LogP contribution is 2.34. The molecule has 2 rings (SSSR count). The fourth-order valence-corrected chi connectivity index (χ4v) is 2.52. The molecule has 0 saturated carbocycles. The molecule has 0 radical (unpaired) electrons. The van der Waals surface area contributed by atoms with Gasteiger partial charge in [-0.1, -0.05) is 6.07 Å². The molecule has 0 saturated heterocycles. The van der Waals surface area contributed by atoms with E-state index in [1.54, 1.807) is 24.3 Å².